The van der Waals surface area contributed by atoms with Gasteiger partial charge >= 0.3 is 0 Å². The standard InChI is InChI=1S/C18H13ClFN3O/c19-13-3-7-15(8-4-13)22-17-10-9-16(11-21-17)23-18(24)12-1-5-14(20)6-2-12/h1-11H,(H,21,22)(H,23,24). The Morgan fingerprint density at radius 1 is 0.917 bits per heavy atom. The Labute approximate surface area is 143 Å². The number of rotatable bonds is 4. The van der Waals surface area contributed by atoms with E-state index in [4.69, 9.17) is 11.6 Å². The van der Waals surface area contributed by atoms with Crippen LogP contribution < -0.4 is 10.6 Å². The number of halogens is 2. The Hall–Kier alpha value is -2.92. The Kier molecular flexibility index (Phi) is 4.72. The predicted octanol–water partition coefficient (Wildman–Crippen LogP) is 4.87. The first kappa shape index (κ1) is 16.0. The summed E-state index contributed by atoms with van der Waals surface area (Å²) in [5.74, 6) is -0.0712. The van der Waals surface area contributed by atoms with E-state index in [9.17, 15) is 9.18 Å². The summed E-state index contributed by atoms with van der Waals surface area (Å²) in [6, 6.07) is 16.0. The maximum absolute atomic E-state index is 12.9. The first-order chi connectivity index (χ1) is 11.6. The maximum atomic E-state index is 12.9. The van der Waals surface area contributed by atoms with Gasteiger partial charge in [0.05, 0.1) is 11.9 Å². The van der Waals surface area contributed by atoms with Crippen LogP contribution in [0, 0.1) is 5.82 Å². The lowest BCUT2D eigenvalue weighted by atomic mass is 10.2. The van der Waals surface area contributed by atoms with Crippen molar-refractivity contribution in [2.75, 3.05) is 10.6 Å². The minimum absolute atomic E-state index is 0.324. The van der Waals surface area contributed by atoms with Gasteiger partial charge in [-0.3, -0.25) is 4.79 Å². The maximum Gasteiger partial charge on any atom is 0.255 e. The van der Waals surface area contributed by atoms with E-state index in [0.29, 0.717) is 22.1 Å². The number of carbonyl (C=O) groups is 1. The van der Waals surface area contributed by atoms with E-state index in [2.05, 4.69) is 15.6 Å². The number of pyridine rings is 1. The molecule has 0 saturated heterocycles. The molecule has 0 bridgehead atoms. The van der Waals surface area contributed by atoms with Gasteiger partial charge in [-0.2, -0.15) is 0 Å². The fourth-order valence-corrected chi connectivity index (χ4v) is 2.15. The quantitative estimate of drug-likeness (QED) is 0.711. The smallest absolute Gasteiger partial charge is 0.255 e. The van der Waals surface area contributed by atoms with E-state index in [0.717, 1.165) is 5.69 Å². The van der Waals surface area contributed by atoms with E-state index in [1.165, 1.54) is 24.3 Å². The Bertz CT molecular complexity index is 834. The van der Waals surface area contributed by atoms with E-state index < -0.39 is 0 Å². The predicted molar refractivity (Wildman–Crippen MR) is 93.3 cm³/mol. The summed E-state index contributed by atoms with van der Waals surface area (Å²) in [6.45, 7) is 0. The Morgan fingerprint density at radius 2 is 1.58 bits per heavy atom. The molecule has 24 heavy (non-hydrogen) atoms. The molecule has 1 heterocycles. The molecule has 0 fully saturated rings. The van der Waals surface area contributed by atoms with Gasteiger partial charge in [-0.15, -0.1) is 0 Å². The van der Waals surface area contributed by atoms with E-state index >= 15 is 0 Å². The number of aromatic nitrogens is 1. The van der Waals surface area contributed by atoms with Crippen LogP contribution in [0.4, 0.5) is 21.6 Å². The molecule has 6 heteroatoms. The molecule has 0 unspecified atom stereocenters. The number of benzene rings is 2. The van der Waals surface area contributed by atoms with Crippen LogP contribution in [0.1, 0.15) is 10.4 Å². The van der Waals surface area contributed by atoms with Gasteiger partial charge in [0.2, 0.25) is 0 Å². The third-order valence-corrected chi connectivity index (χ3v) is 3.50. The molecule has 0 aliphatic heterocycles. The number of nitrogens with zero attached hydrogens (tertiary/aromatic N) is 1. The van der Waals surface area contributed by atoms with Crippen LogP contribution >= 0.6 is 11.6 Å². The van der Waals surface area contributed by atoms with Crippen molar-refractivity contribution in [2.45, 2.75) is 0 Å². The topological polar surface area (TPSA) is 54.0 Å². The van der Waals surface area contributed by atoms with E-state index in [-0.39, 0.29) is 11.7 Å². The summed E-state index contributed by atoms with van der Waals surface area (Å²) in [6.07, 6.45) is 1.54. The van der Waals surface area contributed by atoms with Crippen molar-refractivity contribution in [3.63, 3.8) is 0 Å². The molecule has 1 amide bonds. The summed E-state index contributed by atoms with van der Waals surface area (Å²) in [7, 11) is 0. The van der Waals surface area contributed by atoms with E-state index in [1.807, 2.05) is 12.1 Å². The van der Waals surface area contributed by atoms with Crippen LogP contribution in [0.3, 0.4) is 0 Å². The number of nitrogens with one attached hydrogen (secondary N) is 2. The molecule has 0 spiro atoms. The zero-order valence-electron chi connectivity index (χ0n) is 12.5. The van der Waals surface area contributed by atoms with Gasteiger partial charge in [0.25, 0.3) is 5.91 Å². The third-order valence-electron chi connectivity index (χ3n) is 3.24. The Morgan fingerprint density at radius 3 is 2.21 bits per heavy atom. The minimum atomic E-state index is -0.383. The van der Waals surface area contributed by atoms with Gasteiger partial charge < -0.3 is 10.6 Å². The van der Waals surface area contributed by atoms with Crippen LogP contribution in [-0.2, 0) is 0 Å². The van der Waals surface area contributed by atoms with Crippen molar-refractivity contribution in [1.82, 2.24) is 4.98 Å². The normalized spacial score (nSPS) is 10.2. The van der Waals surface area contributed by atoms with Gasteiger partial charge in [-0.25, -0.2) is 9.37 Å². The lowest BCUT2D eigenvalue weighted by molar-refractivity contribution is 0.102. The molecule has 2 aromatic carbocycles. The van der Waals surface area contributed by atoms with E-state index in [1.54, 1.807) is 30.5 Å². The Balaban J connectivity index is 1.64. The molecule has 0 aliphatic carbocycles. The van der Waals surface area contributed by atoms with Crippen LogP contribution in [0.2, 0.25) is 5.02 Å². The molecule has 0 saturated carbocycles. The molecular weight excluding hydrogens is 329 g/mol. The second-order valence-corrected chi connectivity index (χ2v) is 5.46. The largest absolute Gasteiger partial charge is 0.340 e. The lowest BCUT2D eigenvalue weighted by Crippen LogP contribution is -2.12. The van der Waals surface area contributed by atoms with Gasteiger partial charge in [0.1, 0.15) is 11.6 Å². The fourth-order valence-electron chi connectivity index (χ4n) is 2.03. The van der Waals surface area contributed by atoms with Gasteiger partial charge in [-0.1, -0.05) is 11.6 Å². The van der Waals surface area contributed by atoms with Crippen molar-refractivity contribution in [1.29, 1.82) is 0 Å². The van der Waals surface area contributed by atoms with Gasteiger partial charge in [0, 0.05) is 16.3 Å². The van der Waals surface area contributed by atoms with Crippen LogP contribution in [-0.4, -0.2) is 10.9 Å². The molecular formula is C18H13ClFN3O. The van der Waals surface area contributed by atoms with Crippen molar-refractivity contribution in [3.05, 3.63) is 83.3 Å². The molecule has 3 aromatic rings. The second kappa shape index (κ2) is 7.10. The molecule has 1 aromatic heterocycles. The number of amides is 1. The molecule has 2 N–H and O–H groups in total. The summed E-state index contributed by atoms with van der Waals surface area (Å²) in [5, 5.41) is 6.49. The molecule has 3 rings (SSSR count). The molecule has 0 radical (unpaired) electrons. The van der Waals surface area contributed by atoms with Crippen LogP contribution in [0.25, 0.3) is 0 Å². The molecule has 0 atom stereocenters. The summed E-state index contributed by atoms with van der Waals surface area (Å²) < 4.78 is 12.9. The van der Waals surface area contributed by atoms with Crippen LogP contribution in [0.5, 0.6) is 0 Å². The highest BCUT2D eigenvalue weighted by Crippen LogP contribution is 2.19. The number of anilines is 3. The first-order valence-corrected chi connectivity index (χ1v) is 7.53. The summed E-state index contributed by atoms with van der Waals surface area (Å²) in [4.78, 5) is 16.3. The van der Waals surface area contributed by atoms with Crippen molar-refractivity contribution < 1.29 is 9.18 Å². The molecule has 0 aliphatic rings. The number of hydrogen-bond acceptors (Lipinski definition) is 3. The monoisotopic (exact) mass is 341 g/mol. The highest BCUT2D eigenvalue weighted by Gasteiger charge is 2.06. The SMILES string of the molecule is O=C(Nc1ccc(Nc2ccc(Cl)cc2)nc1)c1ccc(F)cc1. The van der Waals surface area contributed by atoms with Crippen molar-refractivity contribution in [3.8, 4) is 0 Å². The van der Waals surface area contributed by atoms with Crippen molar-refractivity contribution in [2.24, 2.45) is 0 Å². The lowest BCUT2D eigenvalue weighted by Gasteiger charge is -2.08. The minimum Gasteiger partial charge on any atom is -0.340 e. The highest BCUT2D eigenvalue weighted by molar-refractivity contribution is 6.30. The zero-order valence-corrected chi connectivity index (χ0v) is 13.2. The summed E-state index contributed by atoms with van der Waals surface area (Å²) >= 11 is 5.84. The molecule has 4 nitrogen and oxygen atoms in total. The zero-order chi connectivity index (χ0) is 16.9. The highest BCUT2D eigenvalue weighted by atomic mass is 35.5. The number of carbonyl (C=O) groups excluding carboxylic acids is 1. The average Bonchev–Trinajstić information content (AvgIpc) is 2.59. The van der Waals surface area contributed by atoms with Crippen molar-refractivity contribution >= 4 is 34.7 Å². The van der Waals surface area contributed by atoms with Gasteiger partial charge in [-0.05, 0) is 60.7 Å². The van der Waals surface area contributed by atoms with Gasteiger partial charge in [0.15, 0.2) is 0 Å². The third kappa shape index (κ3) is 4.08. The fraction of sp³-hybridized carbons (Fsp3) is 0. The average molecular weight is 342 g/mol. The first-order valence-electron chi connectivity index (χ1n) is 7.16. The summed E-state index contributed by atoms with van der Waals surface area (Å²) in [5.41, 5.74) is 1.78. The second-order valence-electron chi connectivity index (χ2n) is 5.03. The molecule has 120 valence electrons. The van der Waals surface area contributed by atoms with Crippen LogP contribution in [0.15, 0.2) is 66.9 Å². The number of hydrogen-bond donors (Lipinski definition) is 2.